The van der Waals surface area contributed by atoms with Crippen molar-refractivity contribution in [2.24, 2.45) is 0 Å². The molecule has 0 bridgehead atoms. The first-order chi connectivity index (χ1) is 12.1. The molecule has 0 fully saturated rings. The van der Waals surface area contributed by atoms with Crippen LogP contribution in [0.25, 0.3) is 21.9 Å². The fourth-order valence-corrected chi connectivity index (χ4v) is 2.69. The molecule has 0 spiro atoms. The summed E-state index contributed by atoms with van der Waals surface area (Å²) >= 11 is 0. The fourth-order valence-electron chi connectivity index (χ4n) is 2.69. The minimum absolute atomic E-state index is 0.0475. The second-order valence-electron chi connectivity index (χ2n) is 6.14. The van der Waals surface area contributed by atoms with E-state index in [1.807, 2.05) is 0 Å². The predicted octanol–water partition coefficient (Wildman–Crippen LogP) is 5.36. The van der Waals surface area contributed by atoms with Gasteiger partial charge in [0.1, 0.15) is 11.2 Å². The molecule has 1 heterocycles. The molecule has 1 aromatic heterocycles. The van der Waals surface area contributed by atoms with Gasteiger partial charge in [-0.05, 0) is 25.0 Å². The van der Waals surface area contributed by atoms with Gasteiger partial charge in [0.05, 0.1) is 13.2 Å². The van der Waals surface area contributed by atoms with Crippen molar-refractivity contribution in [3.05, 3.63) is 24.3 Å². The van der Waals surface area contributed by atoms with Gasteiger partial charge in [-0.25, -0.2) is 0 Å². The molecule has 0 unspecified atom stereocenters. The summed E-state index contributed by atoms with van der Waals surface area (Å²) in [6.07, 6.45) is 3.89. The molecule has 5 nitrogen and oxygen atoms in total. The number of benzene rings is 2. The van der Waals surface area contributed by atoms with Crippen molar-refractivity contribution in [2.45, 2.75) is 39.5 Å². The summed E-state index contributed by atoms with van der Waals surface area (Å²) < 4.78 is 17.1. The standard InChI is InChI=1S/C20H24O5/c1-3-5-7-23-19-9-13-14-10-20(24-8-6-4-2)16(22)12-18(14)25-17(13)11-15(19)21/h9-12,21-22H,3-8H2,1-2H3. The van der Waals surface area contributed by atoms with Crippen LogP contribution in [0, 0.1) is 0 Å². The number of aromatic hydroxyl groups is 2. The Labute approximate surface area is 146 Å². The molecule has 0 saturated carbocycles. The van der Waals surface area contributed by atoms with Crippen molar-refractivity contribution in [2.75, 3.05) is 13.2 Å². The maximum absolute atomic E-state index is 10.1. The highest BCUT2D eigenvalue weighted by Gasteiger charge is 2.15. The number of fused-ring (bicyclic) bond motifs is 3. The van der Waals surface area contributed by atoms with Crippen LogP contribution in [0.2, 0.25) is 0 Å². The first kappa shape index (κ1) is 17.3. The number of rotatable bonds is 8. The first-order valence-corrected chi connectivity index (χ1v) is 8.81. The Kier molecular flexibility index (Phi) is 5.22. The normalized spacial score (nSPS) is 11.3. The molecular formula is C20H24O5. The Bertz CT molecular complexity index is 795. The van der Waals surface area contributed by atoms with Crippen molar-refractivity contribution in [3.63, 3.8) is 0 Å². The van der Waals surface area contributed by atoms with Crippen molar-refractivity contribution in [1.82, 2.24) is 0 Å². The Balaban J connectivity index is 2.01. The van der Waals surface area contributed by atoms with Gasteiger partial charge in [0.25, 0.3) is 0 Å². The van der Waals surface area contributed by atoms with Gasteiger partial charge in [-0.2, -0.15) is 0 Å². The number of furan rings is 1. The van der Waals surface area contributed by atoms with Crippen LogP contribution in [-0.2, 0) is 0 Å². The quantitative estimate of drug-likeness (QED) is 0.539. The van der Waals surface area contributed by atoms with Gasteiger partial charge in [-0.15, -0.1) is 0 Å². The molecule has 0 atom stereocenters. The average molecular weight is 344 g/mol. The monoisotopic (exact) mass is 344 g/mol. The van der Waals surface area contributed by atoms with Crippen LogP contribution in [-0.4, -0.2) is 23.4 Å². The topological polar surface area (TPSA) is 72.1 Å². The van der Waals surface area contributed by atoms with Gasteiger partial charge in [-0.1, -0.05) is 26.7 Å². The van der Waals surface area contributed by atoms with Crippen LogP contribution in [0.4, 0.5) is 0 Å². The van der Waals surface area contributed by atoms with Crippen LogP contribution >= 0.6 is 0 Å². The van der Waals surface area contributed by atoms with E-state index in [4.69, 9.17) is 13.9 Å². The maximum Gasteiger partial charge on any atom is 0.161 e. The molecule has 0 aliphatic carbocycles. The SMILES string of the molecule is CCCCOc1cc2c(cc1O)oc1cc(O)c(OCCCC)cc12. The Morgan fingerprint density at radius 3 is 1.60 bits per heavy atom. The number of hydrogen-bond acceptors (Lipinski definition) is 5. The highest BCUT2D eigenvalue weighted by atomic mass is 16.5. The summed E-state index contributed by atoms with van der Waals surface area (Å²) in [6.45, 7) is 5.28. The molecule has 0 amide bonds. The molecule has 2 N–H and O–H groups in total. The van der Waals surface area contributed by atoms with Crippen LogP contribution in [0.3, 0.4) is 0 Å². The van der Waals surface area contributed by atoms with E-state index in [-0.39, 0.29) is 11.5 Å². The first-order valence-electron chi connectivity index (χ1n) is 8.81. The van der Waals surface area contributed by atoms with Gasteiger partial charge in [0, 0.05) is 22.9 Å². The Morgan fingerprint density at radius 1 is 0.760 bits per heavy atom. The molecule has 5 heteroatoms. The van der Waals surface area contributed by atoms with Crippen molar-refractivity contribution >= 4 is 21.9 Å². The summed E-state index contributed by atoms with van der Waals surface area (Å²) in [7, 11) is 0. The maximum atomic E-state index is 10.1. The zero-order valence-electron chi connectivity index (χ0n) is 14.7. The zero-order chi connectivity index (χ0) is 17.8. The second kappa shape index (κ2) is 7.55. The van der Waals surface area contributed by atoms with Gasteiger partial charge < -0.3 is 24.1 Å². The predicted molar refractivity (Wildman–Crippen MR) is 97.9 cm³/mol. The van der Waals surface area contributed by atoms with Crippen LogP contribution in [0.15, 0.2) is 28.7 Å². The molecule has 3 aromatic rings. The molecular weight excluding hydrogens is 320 g/mol. The van der Waals surface area contributed by atoms with E-state index in [2.05, 4.69) is 13.8 Å². The number of ether oxygens (including phenoxy) is 2. The Hall–Kier alpha value is -2.56. The van der Waals surface area contributed by atoms with Crippen LogP contribution < -0.4 is 9.47 Å². The lowest BCUT2D eigenvalue weighted by Crippen LogP contribution is -1.97. The van der Waals surface area contributed by atoms with Gasteiger partial charge in [0.2, 0.25) is 0 Å². The molecule has 0 radical (unpaired) electrons. The summed E-state index contributed by atoms with van der Waals surface area (Å²) in [6, 6.07) is 6.65. The largest absolute Gasteiger partial charge is 0.504 e. The van der Waals surface area contributed by atoms with Crippen molar-refractivity contribution in [3.8, 4) is 23.0 Å². The number of hydrogen-bond donors (Lipinski definition) is 2. The van der Waals surface area contributed by atoms with Crippen molar-refractivity contribution in [1.29, 1.82) is 0 Å². The van der Waals surface area contributed by atoms with E-state index in [1.165, 1.54) is 0 Å². The van der Waals surface area contributed by atoms with E-state index in [0.29, 0.717) is 35.9 Å². The van der Waals surface area contributed by atoms with Gasteiger partial charge in [0.15, 0.2) is 23.0 Å². The highest BCUT2D eigenvalue weighted by Crippen LogP contribution is 2.41. The molecule has 134 valence electrons. The lowest BCUT2D eigenvalue weighted by Gasteiger charge is -2.08. The minimum atomic E-state index is 0.0475. The third-order valence-corrected chi connectivity index (χ3v) is 4.14. The smallest absolute Gasteiger partial charge is 0.161 e. The Morgan fingerprint density at radius 2 is 1.20 bits per heavy atom. The molecule has 3 rings (SSSR count). The summed E-state index contributed by atoms with van der Waals surface area (Å²) in [4.78, 5) is 0. The minimum Gasteiger partial charge on any atom is -0.504 e. The lowest BCUT2D eigenvalue weighted by molar-refractivity contribution is 0.293. The van der Waals surface area contributed by atoms with Gasteiger partial charge >= 0.3 is 0 Å². The number of unbranched alkanes of at least 4 members (excludes halogenated alkanes) is 2. The lowest BCUT2D eigenvalue weighted by atomic mass is 10.1. The van der Waals surface area contributed by atoms with E-state index < -0.39 is 0 Å². The van der Waals surface area contributed by atoms with E-state index in [1.54, 1.807) is 24.3 Å². The number of phenols is 2. The van der Waals surface area contributed by atoms with E-state index in [0.717, 1.165) is 36.5 Å². The average Bonchev–Trinajstić information content (AvgIpc) is 2.91. The fraction of sp³-hybridized carbons (Fsp3) is 0.400. The molecule has 2 aromatic carbocycles. The van der Waals surface area contributed by atoms with Gasteiger partial charge in [-0.3, -0.25) is 0 Å². The second-order valence-corrected chi connectivity index (χ2v) is 6.14. The molecule has 0 aliphatic rings. The molecule has 0 saturated heterocycles. The highest BCUT2D eigenvalue weighted by molar-refractivity contribution is 6.07. The van der Waals surface area contributed by atoms with E-state index in [9.17, 15) is 10.2 Å². The molecule has 0 aliphatic heterocycles. The van der Waals surface area contributed by atoms with E-state index >= 15 is 0 Å². The van der Waals surface area contributed by atoms with Crippen LogP contribution in [0.5, 0.6) is 23.0 Å². The van der Waals surface area contributed by atoms with Crippen molar-refractivity contribution < 1.29 is 24.1 Å². The number of phenolic OH excluding ortho intramolecular Hbond substituents is 2. The summed E-state index contributed by atoms with van der Waals surface area (Å²) in [5.41, 5.74) is 1.08. The summed E-state index contributed by atoms with van der Waals surface area (Å²) in [5.74, 6) is 0.966. The third kappa shape index (κ3) is 3.60. The summed E-state index contributed by atoms with van der Waals surface area (Å²) in [5, 5.41) is 21.9. The zero-order valence-corrected chi connectivity index (χ0v) is 14.7. The molecule has 25 heavy (non-hydrogen) atoms. The van der Waals surface area contributed by atoms with Crippen LogP contribution in [0.1, 0.15) is 39.5 Å². The third-order valence-electron chi connectivity index (χ3n) is 4.14.